The average Bonchev–Trinajstić information content (AvgIpc) is 2.79. The first-order valence-corrected chi connectivity index (χ1v) is 8.65. The van der Waals surface area contributed by atoms with Gasteiger partial charge in [0.05, 0.1) is 12.7 Å². The number of hydrogen-bond donors (Lipinski definition) is 0. The maximum atomic E-state index is 6.11. The minimum absolute atomic E-state index is 0.0622. The molecule has 0 amide bonds. The van der Waals surface area contributed by atoms with Gasteiger partial charge in [0.2, 0.25) is 0 Å². The van der Waals surface area contributed by atoms with Crippen LogP contribution in [0.3, 0.4) is 0 Å². The molecule has 22 heavy (non-hydrogen) atoms. The van der Waals surface area contributed by atoms with E-state index in [9.17, 15) is 0 Å². The maximum absolute atomic E-state index is 6.11. The van der Waals surface area contributed by atoms with Gasteiger partial charge in [-0.15, -0.1) is 5.92 Å². The summed E-state index contributed by atoms with van der Waals surface area (Å²) in [6, 6.07) is 10.3. The second-order valence-electron chi connectivity index (χ2n) is 5.90. The van der Waals surface area contributed by atoms with Crippen LogP contribution in [0.15, 0.2) is 30.3 Å². The summed E-state index contributed by atoms with van der Waals surface area (Å²) in [5.41, 5.74) is 1.21. The molecule has 120 valence electrons. The van der Waals surface area contributed by atoms with Crippen LogP contribution < -0.4 is 0 Å². The Balaban J connectivity index is 1.86. The first kappa shape index (κ1) is 17.1. The number of benzene rings is 1. The molecule has 2 heteroatoms. The van der Waals surface area contributed by atoms with Crippen molar-refractivity contribution in [3.63, 3.8) is 0 Å². The minimum atomic E-state index is -0.0622. The standard InChI is InChI=1S/C20H28O2/c1-2-3-4-5-9-14-19-20(15-10-11-16-21-19)22-17-18-12-7-6-8-13-18/h6-8,12-13,19-20H,2-5,10-11,15-17H2,1H3/t19-,20-/m1/s1. The lowest BCUT2D eigenvalue weighted by Gasteiger charge is -2.21. The van der Waals surface area contributed by atoms with Crippen molar-refractivity contribution >= 4 is 0 Å². The highest BCUT2D eigenvalue weighted by molar-refractivity contribution is 5.14. The predicted molar refractivity (Wildman–Crippen MR) is 90.5 cm³/mol. The first-order valence-electron chi connectivity index (χ1n) is 8.65. The Hall–Kier alpha value is -1.30. The molecule has 1 fully saturated rings. The van der Waals surface area contributed by atoms with Crippen LogP contribution in [-0.4, -0.2) is 18.8 Å². The van der Waals surface area contributed by atoms with Gasteiger partial charge < -0.3 is 9.47 Å². The lowest BCUT2D eigenvalue weighted by molar-refractivity contribution is -0.0456. The Kier molecular flexibility index (Phi) is 8.09. The van der Waals surface area contributed by atoms with Crippen molar-refractivity contribution in [2.24, 2.45) is 0 Å². The molecule has 0 aliphatic carbocycles. The Bertz CT molecular complexity index is 458. The molecule has 1 heterocycles. The molecule has 0 bridgehead atoms. The van der Waals surface area contributed by atoms with Crippen molar-refractivity contribution in [3.05, 3.63) is 35.9 Å². The molecule has 1 aliphatic heterocycles. The Labute approximate surface area is 135 Å². The molecule has 1 aliphatic rings. The van der Waals surface area contributed by atoms with Crippen LogP contribution >= 0.6 is 0 Å². The van der Waals surface area contributed by atoms with Crippen LogP contribution in [0.4, 0.5) is 0 Å². The van der Waals surface area contributed by atoms with E-state index in [-0.39, 0.29) is 12.2 Å². The van der Waals surface area contributed by atoms with Crippen LogP contribution in [-0.2, 0) is 16.1 Å². The molecule has 1 saturated heterocycles. The molecular weight excluding hydrogens is 272 g/mol. The van der Waals surface area contributed by atoms with Crippen molar-refractivity contribution in [2.45, 2.75) is 70.7 Å². The Morgan fingerprint density at radius 1 is 1.18 bits per heavy atom. The van der Waals surface area contributed by atoms with Crippen LogP contribution in [0.5, 0.6) is 0 Å². The zero-order valence-corrected chi connectivity index (χ0v) is 13.7. The monoisotopic (exact) mass is 300 g/mol. The lowest BCUT2D eigenvalue weighted by Crippen LogP contribution is -2.29. The molecule has 0 aromatic heterocycles. The third-order valence-electron chi connectivity index (χ3n) is 3.97. The normalized spacial score (nSPS) is 21.7. The van der Waals surface area contributed by atoms with Gasteiger partial charge in [0.1, 0.15) is 6.10 Å². The zero-order chi connectivity index (χ0) is 15.5. The van der Waals surface area contributed by atoms with Crippen LogP contribution in [0, 0.1) is 11.8 Å². The second kappa shape index (κ2) is 10.4. The van der Waals surface area contributed by atoms with Gasteiger partial charge in [0.25, 0.3) is 0 Å². The summed E-state index contributed by atoms with van der Waals surface area (Å²) >= 11 is 0. The van der Waals surface area contributed by atoms with Gasteiger partial charge in [-0.1, -0.05) is 56.0 Å². The van der Waals surface area contributed by atoms with E-state index in [1.165, 1.54) is 24.8 Å². The number of rotatable bonds is 6. The SMILES string of the molecule is CCCCCC#C[C@H]1OCCCC[C@H]1OCc1ccccc1. The topological polar surface area (TPSA) is 18.5 Å². The molecular formula is C20H28O2. The fourth-order valence-electron chi connectivity index (χ4n) is 2.64. The third kappa shape index (κ3) is 6.22. The molecule has 1 aromatic carbocycles. The quantitative estimate of drug-likeness (QED) is 0.559. The fraction of sp³-hybridized carbons (Fsp3) is 0.600. The average molecular weight is 300 g/mol. The molecule has 0 saturated carbocycles. The van der Waals surface area contributed by atoms with Crippen molar-refractivity contribution in [3.8, 4) is 11.8 Å². The van der Waals surface area contributed by atoms with Crippen LogP contribution in [0.25, 0.3) is 0 Å². The number of unbranched alkanes of at least 4 members (excludes halogenated alkanes) is 3. The lowest BCUT2D eigenvalue weighted by atomic mass is 10.1. The van der Waals surface area contributed by atoms with Gasteiger partial charge in [-0.25, -0.2) is 0 Å². The second-order valence-corrected chi connectivity index (χ2v) is 5.90. The minimum Gasteiger partial charge on any atom is -0.370 e. The van der Waals surface area contributed by atoms with E-state index in [0.29, 0.717) is 6.61 Å². The van der Waals surface area contributed by atoms with E-state index in [0.717, 1.165) is 32.3 Å². The van der Waals surface area contributed by atoms with E-state index >= 15 is 0 Å². The zero-order valence-electron chi connectivity index (χ0n) is 13.7. The Morgan fingerprint density at radius 2 is 2.05 bits per heavy atom. The summed E-state index contributed by atoms with van der Waals surface area (Å²) < 4.78 is 12.0. The molecule has 0 unspecified atom stereocenters. The summed E-state index contributed by atoms with van der Waals surface area (Å²) in [4.78, 5) is 0. The Morgan fingerprint density at radius 3 is 2.86 bits per heavy atom. The van der Waals surface area contributed by atoms with E-state index < -0.39 is 0 Å². The highest BCUT2D eigenvalue weighted by atomic mass is 16.5. The van der Waals surface area contributed by atoms with Gasteiger partial charge in [-0.2, -0.15) is 0 Å². The summed E-state index contributed by atoms with van der Waals surface area (Å²) in [7, 11) is 0. The van der Waals surface area contributed by atoms with Crippen molar-refractivity contribution in [1.29, 1.82) is 0 Å². The van der Waals surface area contributed by atoms with E-state index in [4.69, 9.17) is 9.47 Å². The van der Waals surface area contributed by atoms with E-state index in [2.05, 4.69) is 30.9 Å². The van der Waals surface area contributed by atoms with Gasteiger partial charge >= 0.3 is 0 Å². The summed E-state index contributed by atoms with van der Waals surface area (Å²) in [6.07, 6.45) is 8.01. The molecule has 1 aromatic rings. The first-order chi connectivity index (χ1) is 10.9. The fourth-order valence-corrected chi connectivity index (χ4v) is 2.64. The molecule has 0 radical (unpaired) electrons. The van der Waals surface area contributed by atoms with Gasteiger partial charge in [-0.3, -0.25) is 0 Å². The predicted octanol–water partition coefficient (Wildman–Crippen LogP) is 4.72. The van der Waals surface area contributed by atoms with Crippen LogP contribution in [0.1, 0.15) is 57.4 Å². The van der Waals surface area contributed by atoms with Gasteiger partial charge in [0.15, 0.2) is 0 Å². The number of ether oxygens (including phenoxy) is 2. The highest BCUT2D eigenvalue weighted by Crippen LogP contribution is 2.18. The molecule has 2 atom stereocenters. The highest BCUT2D eigenvalue weighted by Gasteiger charge is 2.23. The van der Waals surface area contributed by atoms with E-state index in [1.54, 1.807) is 0 Å². The molecule has 2 rings (SSSR count). The summed E-state index contributed by atoms with van der Waals surface area (Å²) in [6.45, 7) is 3.66. The maximum Gasteiger partial charge on any atom is 0.144 e. The third-order valence-corrected chi connectivity index (χ3v) is 3.97. The molecule has 0 spiro atoms. The smallest absolute Gasteiger partial charge is 0.144 e. The van der Waals surface area contributed by atoms with Crippen molar-refractivity contribution in [2.75, 3.05) is 6.61 Å². The molecule has 0 N–H and O–H groups in total. The largest absolute Gasteiger partial charge is 0.370 e. The number of hydrogen-bond acceptors (Lipinski definition) is 2. The van der Waals surface area contributed by atoms with Crippen molar-refractivity contribution in [1.82, 2.24) is 0 Å². The van der Waals surface area contributed by atoms with Gasteiger partial charge in [0, 0.05) is 13.0 Å². The molecule has 2 nitrogen and oxygen atoms in total. The summed E-state index contributed by atoms with van der Waals surface area (Å²) in [5, 5.41) is 0. The van der Waals surface area contributed by atoms with Crippen molar-refractivity contribution < 1.29 is 9.47 Å². The van der Waals surface area contributed by atoms with Gasteiger partial charge in [-0.05, 0) is 31.2 Å². The summed E-state index contributed by atoms with van der Waals surface area (Å²) in [5.74, 6) is 6.60. The van der Waals surface area contributed by atoms with E-state index in [1.807, 2.05) is 18.2 Å². The van der Waals surface area contributed by atoms with Crippen LogP contribution in [0.2, 0.25) is 0 Å².